The Bertz CT molecular complexity index is 508. The fourth-order valence-electron chi connectivity index (χ4n) is 3.06. The number of amides is 1. The van der Waals surface area contributed by atoms with Crippen LogP contribution in [0, 0.1) is 5.92 Å². The first-order valence-corrected chi connectivity index (χ1v) is 7.80. The molecule has 0 aliphatic carbocycles. The molecular weight excluding hydrogens is 328 g/mol. The van der Waals surface area contributed by atoms with Gasteiger partial charge in [0.05, 0.1) is 10.6 Å². The predicted octanol–water partition coefficient (Wildman–Crippen LogP) is 2.93. The van der Waals surface area contributed by atoms with Gasteiger partial charge in [0.15, 0.2) is 0 Å². The van der Waals surface area contributed by atoms with Crippen LogP contribution in [0.1, 0.15) is 23.2 Å². The van der Waals surface area contributed by atoms with E-state index in [4.69, 9.17) is 11.6 Å². The molecule has 5 heteroatoms. The average Bonchev–Trinajstić information content (AvgIpc) is 2.88. The minimum Gasteiger partial charge on any atom is -0.338 e. The van der Waals surface area contributed by atoms with Gasteiger partial charge in [-0.15, -0.1) is 0 Å². The lowest BCUT2D eigenvalue weighted by molar-refractivity contribution is 0.0662. The van der Waals surface area contributed by atoms with Gasteiger partial charge in [0.1, 0.15) is 0 Å². The predicted molar refractivity (Wildman–Crippen MR) is 79.6 cm³/mol. The molecule has 102 valence electrons. The quantitative estimate of drug-likeness (QED) is 0.850. The van der Waals surface area contributed by atoms with Crippen molar-refractivity contribution in [3.63, 3.8) is 0 Å². The molecule has 2 aliphatic heterocycles. The standard InChI is InChI=1S/C14H16BrClN2O/c15-10-1-2-12(16)11(7-10)14(19)18-6-4-13-9(8-18)3-5-17-13/h1-2,7,9,13,17H,3-6,8H2. The Labute approximate surface area is 126 Å². The summed E-state index contributed by atoms with van der Waals surface area (Å²) in [5.74, 6) is 0.653. The summed E-state index contributed by atoms with van der Waals surface area (Å²) >= 11 is 9.54. The molecule has 2 heterocycles. The van der Waals surface area contributed by atoms with E-state index >= 15 is 0 Å². The number of carbonyl (C=O) groups is 1. The van der Waals surface area contributed by atoms with Crippen molar-refractivity contribution in [2.24, 2.45) is 5.92 Å². The number of halogens is 2. The zero-order chi connectivity index (χ0) is 13.4. The van der Waals surface area contributed by atoms with E-state index in [1.54, 1.807) is 6.07 Å². The first-order valence-electron chi connectivity index (χ1n) is 6.63. The minimum atomic E-state index is 0.0525. The average molecular weight is 344 g/mol. The summed E-state index contributed by atoms with van der Waals surface area (Å²) in [4.78, 5) is 14.5. The van der Waals surface area contributed by atoms with Crippen LogP contribution in [-0.4, -0.2) is 36.5 Å². The van der Waals surface area contributed by atoms with Gasteiger partial charge in [0.25, 0.3) is 5.91 Å². The third-order valence-electron chi connectivity index (χ3n) is 4.10. The Morgan fingerprint density at radius 3 is 3.11 bits per heavy atom. The Morgan fingerprint density at radius 1 is 1.42 bits per heavy atom. The molecule has 2 atom stereocenters. The zero-order valence-corrected chi connectivity index (χ0v) is 12.9. The molecule has 0 aromatic heterocycles. The summed E-state index contributed by atoms with van der Waals surface area (Å²) < 4.78 is 0.887. The summed E-state index contributed by atoms with van der Waals surface area (Å²) in [5.41, 5.74) is 0.598. The van der Waals surface area contributed by atoms with Crippen molar-refractivity contribution in [2.45, 2.75) is 18.9 Å². The number of hydrogen-bond donors (Lipinski definition) is 1. The molecule has 3 nitrogen and oxygen atoms in total. The lowest BCUT2D eigenvalue weighted by Gasteiger charge is -2.35. The second-order valence-corrected chi connectivity index (χ2v) is 6.60. The lowest BCUT2D eigenvalue weighted by Crippen LogP contribution is -2.46. The Hall–Kier alpha value is -0.580. The molecule has 1 aromatic carbocycles. The van der Waals surface area contributed by atoms with E-state index in [-0.39, 0.29) is 5.91 Å². The van der Waals surface area contributed by atoms with Crippen LogP contribution in [0.4, 0.5) is 0 Å². The molecule has 1 amide bonds. The van der Waals surface area contributed by atoms with Crippen molar-refractivity contribution in [3.05, 3.63) is 33.3 Å². The second-order valence-electron chi connectivity index (χ2n) is 5.27. The van der Waals surface area contributed by atoms with Gasteiger partial charge in [-0.1, -0.05) is 27.5 Å². The van der Waals surface area contributed by atoms with Gasteiger partial charge in [-0.3, -0.25) is 4.79 Å². The number of hydrogen-bond acceptors (Lipinski definition) is 2. The Balaban J connectivity index is 1.78. The fraction of sp³-hybridized carbons (Fsp3) is 0.500. The van der Waals surface area contributed by atoms with Crippen LogP contribution in [0.3, 0.4) is 0 Å². The topological polar surface area (TPSA) is 32.3 Å². The molecular formula is C14H16BrClN2O. The normalized spacial score (nSPS) is 26.3. The Morgan fingerprint density at radius 2 is 2.26 bits per heavy atom. The monoisotopic (exact) mass is 342 g/mol. The molecule has 19 heavy (non-hydrogen) atoms. The molecule has 2 fully saturated rings. The van der Waals surface area contributed by atoms with Gasteiger partial charge >= 0.3 is 0 Å². The van der Waals surface area contributed by atoms with Gasteiger partial charge in [-0.2, -0.15) is 0 Å². The van der Waals surface area contributed by atoms with Crippen LogP contribution < -0.4 is 5.32 Å². The number of nitrogens with one attached hydrogen (secondary N) is 1. The highest BCUT2D eigenvalue weighted by molar-refractivity contribution is 9.10. The summed E-state index contributed by atoms with van der Waals surface area (Å²) in [6.45, 7) is 2.74. The number of carbonyl (C=O) groups excluding carboxylic acids is 1. The number of benzene rings is 1. The van der Waals surface area contributed by atoms with Crippen LogP contribution in [0.15, 0.2) is 22.7 Å². The van der Waals surface area contributed by atoms with E-state index in [0.29, 0.717) is 22.5 Å². The summed E-state index contributed by atoms with van der Waals surface area (Å²) in [7, 11) is 0. The first kappa shape index (κ1) is 13.4. The van der Waals surface area contributed by atoms with Gasteiger partial charge in [0, 0.05) is 23.6 Å². The van der Waals surface area contributed by atoms with Crippen LogP contribution in [0.2, 0.25) is 5.02 Å². The summed E-state index contributed by atoms with van der Waals surface area (Å²) in [5, 5.41) is 4.03. The highest BCUT2D eigenvalue weighted by Gasteiger charge is 2.34. The molecule has 1 N–H and O–H groups in total. The van der Waals surface area contributed by atoms with Gasteiger partial charge in [-0.25, -0.2) is 0 Å². The van der Waals surface area contributed by atoms with Crippen molar-refractivity contribution in [3.8, 4) is 0 Å². The highest BCUT2D eigenvalue weighted by atomic mass is 79.9. The number of nitrogens with zero attached hydrogens (tertiary/aromatic N) is 1. The molecule has 0 radical (unpaired) electrons. The molecule has 0 spiro atoms. The van der Waals surface area contributed by atoms with E-state index in [9.17, 15) is 4.79 Å². The van der Waals surface area contributed by atoms with Crippen LogP contribution >= 0.6 is 27.5 Å². The minimum absolute atomic E-state index is 0.0525. The summed E-state index contributed by atoms with van der Waals surface area (Å²) in [6, 6.07) is 6.03. The molecule has 0 bridgehead atoms. The second kappa shape index (κ2) is 5.43. The molecule has 2 unspecified atom stereocenters. The number of fused-ring (bicyclic) bond motifs is 1. The van der Waals surface area contributed by atoms with Crippen molar-refractivity contribution < 1.29 is 4.79 Å². The van der Waals surface area contributed by atoms with E-state index in [2.05, 4.69) is 21.2 Å². The van der Waals surface area contributed by atoms with E-state index in [1.165, 1.54) is 6.42 Å². The maximum Gasteiger partial charge on any atom is 0.255 e. The number of rotatable bonds is 1. The first-order chi connectivity index (χ1) is 9.15. The van der Waals surface area contributed by atoms with Gasteiger partial charge in [0.2, 0.25) is 0 Å². The van der Waals surface area contributed by atoms with Crippen molar-refractivity contribution >= 4 is 33.4 Å². The van der Waals surface area contributed by atoms with Crippen LogP contribution in [-0.2, 0) is 0 Å². The van der Waals surface area contributed by atoms with Crippen molar-refractivity contribution in [1.82, 2.24) is 10.2 Å². The fourth-order valence-corrected chi connectivity index (χ4v) is 3.62. The third kappa shape index (κ3) is 2.67. The van der Waals surface area contributed by atoms with E-state index < -0.39 is 0 Å². The summed E-state index contributed by atoms with van der Waals surface area (Å²) in [6.07, 6.45) is 2.21. The van der Waals surface area contributed by atoms with E-state index in [1.807, 2.05) is 17.0 Å². The highest BCUT2D eigenvalue weighted by Crippen LogP contribution is 2.28. The van der Waals surface area contributed by atoms with Gasteiger partial charge in [-0.05, 0) is 43.5 Å². The van der Waals surface area contributed by atoms with Crippen molar-refractivity contribution in [1.29, 1.82) is 0 Å². The molecule has 0 saturated carbocycles. The van der Waals surface area contributed by atoms with Crippen molar-refractivity contribution in [2.75, 3.05) is 19.6 Å². The number of likely N-dealkylation sites (tertiary alicyclic amines) is 1. The maximum atomic E-state index is 12.6. The lowest BCUT2D eigenvalue weighted by atomic mass is 9.93. The smallest absolute Gasteiger partial charge is 0.255 e. The molecule has 2 aliphatic rings. The molecule has 3 rings (SSSR count). The SMILES string of the molecule is O=C(c1cc(Br)ccc1Cl)N1CCC2NCCC2C1. The number of piperidine rings is 1. The third-order valence-corrected chi connectivity index (χ3v) is 4.92. The zero-order valence-electron chi connectivity index (χ0n) is 10.5. The van der Waals surface area contributed by atoms with Crippen LogP contribution in [0.25, 0.3) is 0 Å². The Kier molecular flexibility index (Phi) is 3.83. The maximum absolute atomic E-state index is 12.6. The van der Waals surface area contributed by atoms with Crippen LogP contribution in [0.5, 0.6) is 0 Å². The molecule has 1 aromatic rings. The largest absolute Gasteiger partial charge is 0.338 e. The van der Waals surface area contributed by atoms with E-state index in [0.717, 1.165) is 30.5 Å². The molecule has 2 saturated heterocycles. The van der Waals surface area contributed by atoms with Gasteiger partial charge < -0.3 is 10.2 Å².